The van der Waals surface area contributed by atoms with Crippen LogP contribution in [-0.2, 0) is 29.2 Å². The van der Waals surface area contributed by atoms with Crippen molar-refractivity contribution >= 4 is 27.3 Å². The molecule has 7 nitrogen and oxygen atoms in total. The van der Waals surface area contributed by atoms with Gasteiger partial charge in [0.15, 0.2) is 5.69 Å². The molecule has 1 N–H and O–H groups in total. The highest BCUT2D eigenvalue weighted by Crippen LogP contribution is 2.35. The summed E-state index contributed by atoms with van der Waals surface area (Å²) in [7, 11) is -3.05. The number of nitrogens with zero attached hydrogens (tertiary/aromatic N) is 3. The second-order valence-electron chi connectivity index (χ2n) is 9.84. The highest BCUT2D eigenvalue weighted by atomic mass is 35.5. The largest absolute Gasteiger partial charge is 0.391 e. The van der Waals surface area contributed by atoms with E-state index in [1.54, 1.807) is 10.7 Å². The first-order valence-electron chi connectivity index (χ1n) is 12.5. The average Bonchev–Trinajstić information content (AvgIpc) is 3.17. The molecule has 1 aliphatic rings. The first-order valence-corrected chi connectivity index (χ1v) is 14.9. The van der Waals surface area contributed by atoms with E-state index in [2.05, 4.69) is 15.4 Å². The number of amides is 1. The summed E-state index contributed by atoms with van der Waals surface area (Å²) < 4.78 is 64.2. The SMILES string of the molecule is CCc1cc(C[C@@H](C)C(F)(F)F)ncc1-c1c(Cl)c(C(=O)NCC2CCC(S(C)(=O)=O)CC2)nn1CC. The molecule has 1 atom stereocenters. The van der Waals surface area contributed by atoms with Gasteiger partial charge in [-0.15, -0.1) is 0 Å². The topological polar surface area (TPSA) is 93.9 Å². The van der Waals surface area contributed by atoms with Gasteiger partial charge in [0.05, 0.1) is 21.9 Å². The van der Waals surface area contributed by atoms with E-state index in [0.29, 0.717) is 62.1 Å². The molecule has 0 aromatic carbocycles. The zero-order valence-corrected chi connectivity index (χ0v) is 23.1. The maximum atomic E-state index is 13.0. The number of carbonyl (C=O) groups excluding carboxylic acids is 1. The number of rotatable bonds is 9. The van der Waals surface area contributed by atoms with Crippen LogP contribution in [0.4, 0.5) is 13.2 Å². The number of halogens is 4. The minimum Gasteiger partial charge on any atom is -0.350 e. The fourth-order valence-electron chi connectivity index (χ4n) is 4.75. The fourth-order valence-corrected chi connectivity index (χ4v) is 6.20. The lowest BCUT2D eigenvalue weighted by molar-refractivity contribution is -0.169. The van der Waals surface area contributed by atoms with Gasteiger partial charge < -0.3 is 5.32 Å². The molecule has 1 saturated carbocycles. The molecule has 0 spiro atoms. The summed E-state index contributed by atoms with van der Waals surface area (Å²) in [5.74, 6) is -1.77. The van der Waals surface area contributed by atoms with Gasteiger partial charge in [0, 0.05) is 43.2 Å². The van der Waals surface area contributed by atoms with Gasteiger partial charge in [-0.3, -0.25) is 14.5 Å². The van der Waals surface area contributed by atoms with Gasteiger partial charge in [0.1, 0.15) is 9.84 Å². The van der Waals surface area contributed by atoms with Crippen LogP contribution in [0.3, 0.4) is 0 Å². The number of alkyl halides is 3. The molecule has 0 aliphatic heterocycles. The van der Waals surface area contributed by atoms with Crippen molar-refractivity contribution < 1.29 is 26.4 Å². The molecule has 1 fully saturated rings. The Morgan fingerprint density at radius 3 is 2.43 bits per heavy atom. The Kier molecular flexibility index (Phi) is 9.32. The first-order chi connectivity index (χ1) is 17.3. The van der Waals surface area contributed by atoms with Gasteiger partial charge in [-0.25, -0.2) is 8.42 Å². The molecular formula is C25H34ClF3N4O3S. The lowest BCUT2D eigenvalue weighted by atomic mass is 9.89. The normalized spacial score (nSPS) is 19.6. The van der Waals surface area contributed by atoms with E-state index in [1.807, 2.05) is 13.8 Å². The fraction of sp³-hybridized carbons (Fsp3) is 0.640. The van der Waals surface area contributed by atoms with Crippen LogP contribution in [0.1, 0.15) is 68.2 Å². The van der Waals surface area contributed by atoms with Gasteiger partial charge in [-0.05, 0) is 56.6 Å². The molecule has 3 rings (SSSR count). The van der Waals surface area contributed by atoms with E-state index in [0.717, 1.165) is 12.5 Å². The van der Waals surface area contributed by atoms with E-state index in [9.17, 15) is 26.4 Å². The van der Waals surface area contributed by atoms with Crippen LogP contribution < -0.4 is 5.32 Å². The lowest BCUT2D eigenvalue weighted by Gasteiger charge is -2.27. The van der Waals surface area contributed by atoms with Gasteiger partial charge in [-0.1, -0.05) is 25.4 Å². The van der Waals surface area contributed by atoms with Crippen molar-refractivity contribution in [1.82, 2.24) is 20.1 Å². The van der Waals surface area contributed by atoms with Gasteiger partial charge in [0.25, 0.3) is 5.91 Å². The van der Waals surface area contributed by atoms with Crippen molar-refractivity contribution in [2.24, 2.45) is 11.8 Å². The van der Waals surface area contributed by atoms with E-state index in [-0.39, 0.29) is 28.3 Å². The Morgan fingerprint density at radius 2 is 1.89 bits per heavy atom. The minimum absolute atomic E-state index is 0.0696. The molecule has 0 radical (unpaired) electrons. The molecule has 0 bridgehead atoms. The summed E-state index contributed by atoms with van der Waals surface area (Å²) in [6.07, 6.45) is 1.38. The van der Waals surface area contributed by atoms with E-state index in [1.165, 1.54) is 12.5 Å². The summed E-state index contributed by atoms with van der Waals surface area (Å²) in [6, 6.07) is 1.66. The molecule has 0 saturated heterocycles. The molecule has 2 aromatic rings. The second kappa shape index (κ2) is 11.7. The molecule has 2 heterocycles. The van der Waals surface area contributed by atoms with Crippen molar-refractivity contribution in [2.75, 3.05) is 12.8 Å². The van der Waals surface area contributed by atoms with Crippen molar-refractivity contribution in [3.63, 3.8) is 0 Å². The highest BCUT2D eigenvalue weighted by Gasteiger charge is 2.36. The number of nitrogens with one attached hydrogen (secondary N) is 1. The van der Waals surface area contributed by atoms with Crippen molar-refractivity contribution in [3.8, 4) is 11.3 Å². The number of sulfone groups is 1. The summed E-state index contributed by atoms with van der Waals surface area (Å²) in [5, 5.41) is 7.13. The van der Waals surface area contributed by atoms with Gasteiger partial charge >= 0.3 is 6.18 Å². The number of hydrogen-bond donors (Lipinski definition) is 1. The van der Waals surface area contributed by atoms with E-state index >= 15 is 0 Å². The number of aromatic nitrogens is 3. The van der Waals surface area contributed by atoms with Gasteiger partial charge in [-0.2, -0.15) is 18.3 Å². The molecule has 0 unspecified atom stereocenters. The Hall–Kier alpha value is -2.14. The molecule has 206 valence electrons. The summed E-state index contributed by atoms with van der Waals surface area (Å²) in [6.45, 7) is 5.70. The van der Waals surface area contributed by atoms with Crippen LogP contribution in [0.25, 0.3) is 11.3 Å². The van der Waals surface area contributed by atoms with Gasteiger partial charge in [0.2, 0.25) is 0 Å². The van der Waals surface area contributed by atoms with Crippen LogP contribution in [0, 0.1) is 11.8 Å². The van der Waals surface area contributed by atoms with Crippen LogP contribution in [-0.4, -0.2) is 53.3 Å². The zero-order valence-electron chi connectivity index (χ0n) is 21.5. The van der Waals surface area contributed by atoms with Crippen molar-refractivity contribution in [2.45, 2.75) is 77.3 Å². The number of aryl methyl sites for hydroxylation is 2. The quantitative estimate of drug-likeness (QED) is 0.450. The standard InChI is InChI=1S/C25H34ClF3N4O3S/c1-5-17-12-18(11-15(3)25(27,28)29)30-14-20(17)23-21(26)22(32-33(23)6-2)24(34)31-13-16-7-9-19(10-8-16)37(4,35)36/h12,14-16,19H,5-11,13H2,1-4H3,(H,31,34)/t15-,16?,19?/m1/s1. The monoisotopic (exact) mass is 562 g/mol. The van der Waals surface area contributed by atoms with E-state index < -0.39 is 27.8 Å². The average molecular weight is 563 g/mol. The Labute approximate surface area is 221 Å². The maximum absolute atomic E-state index is 13.0. The molecular weight excluding hydrogens is 529 g/mol. The first kappa shape index (κ1) is 29.4. The predicted molar refractivity (Wildman–Crippen MR) is 137 cm³/mol. The smallest absolute Gasteiger partial charge is 0.350 e. The zero-order chi connectivity index (χ0) is 27.5. The number of pyridine rings is 1. The number of hydrogen-bond acceptors (Lipinski definition) is 5. The molecule has 1 amide bonds. The Morgan fingerprint density at radius 1 is 1.24 bits per heavy atom. The number of carbonyl (C=O) groups is 1. The van der Waals surface area contributed by atoms with E-state index in [4.69, 9.17) is 11.6 Å². The van der Waals surface area contributed by atoms with Crippen LogP contribution in [0.2, 0.25) is 5.02 Å². The summed E-state index contributed by atoms with van der Waals surface area (Å²) in [4.78, 5) is 17.2. The molecule has 12 heteroatoms. The summed E-state index contributed by atoms with van der Waals surface area (Å²) in [5.41, 5.74) is 2.31. The minimum atomic E-state index is -4.30. The third-order valence-electron chi connectivity index (χ3n) is 7.12. The molecule has 37 heavy (non-hydrogen) atoms. The second-order valence-corrected chi connectivity index (χ2v) is 12.5. The molecule has 1 aliphatic carbocycles. The Bertz CT molecular complexity index is 1220. The lowest BCUT2D eigenvalue weighted by Crippen LogP contribution is -2.34. The summed E-state index contributed by atoms with van der Waals surface area (Å²) >= 11 is 6.65. The molecule has 2 aromatic heterocycles. The maximum Gasteiger partial charge on any atom is 0.391 e. The van der Waals surface area contributed by atoms with Crippen LogP contribution in [0.15, 0.2) is 12.3 Å². The predicted octanol–water partition coefficient (Wildman–Crippen LogP) is 5.25. The van der Waals surface area contributed by atoms with Crippen LogP contribution >= 0.6 is 11.6 Å². The van der Waals surface area contributed by atoms with Crippen LogP contribution in [0.5, 0.6) is 0 Å². The van der Waals surface area contributed by atoms with Crippen molar-refractivity contribution in [1.29, 1.82) is 0 Å². The third-order valence-corrected chi connectivity index (χ3v) is 9.16. The Balaban J connectivity index is 1.78. The third kappa shape index (κ3) is 7.04. The van der Waals surface area contributed by atoms with Crippen molar-refractivity contribution in [3.05, 3.63) is 34.2 Å². The highest BCUT2D eigenvalue weighted by molar-refractivity contribution is 7.91.